The van der Waals surface area contributed by atoms with Crippen LogP contribution < -0.4 is 14.8 Å². The number of nitrogens with one attached hydrogen (secondary N) is 1. The molecule has 2 aromatic carbocycles. The molecule has 0 unspecified atom stereocenters. The normalized spacial score (nSPS) is 12.6. The van der Waals surface area contributed by atoms with Crippen LogP contribution in [0.3, 0.4) is 0 Å². The molecule has 1 heterocycles. The summed E-state index contributed by atoms with van der Waals surface area (Å²) in [6.45, 7) is 2.58. The molecule has 0 spiro atoms. The molecule has 20 heavy (non-hydrogen) atoms. The third-order valence-corrected chi connectivity index (χ3v) is 3.83. The van der Waals surface area contributed by atoms with E-state index in [0.29, 0.717) is 12.1 Å². The van der Waals surface area contributed by atoms with Crippen molar-refractivity contribution in [2.75, 3.05) is 12.1 Å². The number of fused-ring (bicyclic) bond motifs is 1. The highest BCUT2D eigenvalue weighted by atomic mass is 79.9. The van der Waals surface area contributed by atoms with Gasteiger partial charge in [0.25, 0.3) is 0 Å². The van der Waals surface area contributed by atoms with Crippen LogP contribution >= 0.6 is 15.9 Å². The second-order valence-electron chi connectivity index (χ2n) is 4.58. The molecule has 0 amide bonds. The molecule has 0 radical (unpaired) electrons. The first-order valence-corrected chi connectivity index (χ1v) is 7.01. The largest absolute Gasteiger partial charge is 0.454 e. The number of ether oxygens (including phenoxy) is 2. The Morgan fingerprint density at radius 2 is 2.15 bits per heavy atom. The van der Waals surface area contributed by atoms with Crippen LogP contribution in [0.25, 0.3) is 0 Å². The molecule has 3 nitrogen and oxygen atoms in total. The highest BCUT2D eigenvalue weighted by Crippen LogP contribution is 2.40. The fourth-order valence-corrected chi connectivity index (χ4v) is 2.72. The highest BCUT2D eigenvalue weighted by Gasteiger charge is 2.17. The zero-order valence-corrected chi connectivity index (χ0v) is 12.5. The fraction of sp³-hybridized carbons (Fsp3) is 0.200. The summed E-state index contributed by atoms with van der Waals surface area (Å²) in [5.41, 5.74) is 2.44. The quantitative estimate of drug-likeness (QED) is 0.908. The van der Waals surface area contributed by atoms with Crippen molar-refractivity contribution in [2.45, 2.75) is 13.5 Å². The van der Waals surface area contributed by atoms with Crippen LogP contribution in [0.2, 0.25) is 0 Å². The molecule has 1 aliphatic rings. The molecule has 5 heteroatoms. The van der Waals surface area contributed by atoms with Crippen molar-refractivity contribution in [2.24, 2.45) is 0 Å². The summed E-state index contributed by atoms with van der Waals surface area (Å²) in [7, 11) is 0. The van der Waals surface area contributed by atoms with E-state index in [1.165, 1.54) is 6.07 Å². The van der Waals surface area contributed by atoms with Crippen molar-refractivity contribution < 1.29 is 13.9 Å². The van der Waals surface area contributed by atoms with Crippen molar-refractivity contribution in [3.05, 3.63) is 51.7 Å². The Bertz CT molecular complexity index is 661. The second kappa shape index (κ2) is 5.32. The van der Waals surface area contributed by atoms with E-state index in [1.54, 1.807) is 13.0 Å². The van der Waals surface area contributed by atoms with Crippen molar-refractivity contribution in [3.8, 4) is 11.5 Å². The average Bonchev–Trinajstić information content (AvgIpc) is 2.89. The standard InChI is InChI=1S/C15H13BrFNO2/c1-9-12(17)3-2-4-13(9)18-7-10-5-11(16)15-14(6-10)19-8-20-15/h2-6,18H,7-8H2,1H3. The predicted molar refractivity (Wildman–Crippen MR) is 78.7 cm³/mol. The number of hydrogen-bond acceptors (Lipinski definition) is 3. The van der Waals surface area contributed by atoms with E-state index in [2.05, 4.69) is 21.2 Å². The third-order valence-electron chi connectivity index (χ3n) is 3.24. The Kier molecular flexibility index (Phi) is 3.53. The number of anilines is 1. The van der Waals surface area contributed by atoms with Crippen LogP contribution in [-0.2, 0) is 6.54 Å². The molecule has 0 saturated carbocycles. The first-order valence-electron chi connectivity index (χ1n) is 6.22. The number of halogens is 2. The smallest absolute Gasteiger partial charge is 0.231 e. The van der Waals surface area contributed by atoms with Gasteiger partial charge in [-0.2, -0.15) is 0 Å². The molecule has 0 aromatic heterocycles. The maximum atomic E-state index is 13.5. The maximum absolute atomic E-state index is 13.5. The summed E-state index contributed by atoms with van der Waals surface area (Å²) in [5, 5.41) is 3.23. The molecule has 0 saturated heterocycles. The van der Waals surface area contributed by atoms with E-state index in [1.807, 2.05) is 18.2 Å². The van der Waals surface area contributed by atoms with Crippen molar-refractivity contribution >= 4 is 21.6 Å². The van der Waals surface area contributed by atoms with E-state index < -0.39 is 0 Å². The monoisotopic (exact) mass is 337 g/mol. The summed E-state index contributed by atoms with van der Waals surface area (Å²) in [4.78, 5) is 0. The lowest BCUT2D eigenvalue weighted by atomic mass is 10.1. The Hall–Kier alpha value is -1.75. The Labute approximate surface area is 124 Å². The molecule has 1 N–H and O–H groups in total. The van der Waals surface area contributed by atoms with Crippen molar-refractivity contribution in [1.29, 1.82) is 0 Å². The van der Waals surface area contributed by atoms with Crippen LogP contribution in [0.15, 0.2) is 34.8 Å². The van der Waals surface area contributed by atoms with Crippen LogP contribution in [0.1, 0.15) is 11.1 Å². The molecular weight excluding hydrogens is 325 g/mol. The molecule has 0 bridgehead atoms. The lowest BCUT2D eigenvalue weighted by Gasteiger charge is -2.11. The molecule has 0 atom stereocenters. The Morgan fingerprint density at radius 3 is 3.00 bits per heavy atom. The zero-order chi connectivity index (χ0) is 14.1. The topological polar surface area (TPSA) is 30.5 Å². The van der Waals surface area contributed by atoms with Gasteiger partial charge in [-0.05, 0) is 52.7 Å². The summed E-state index contributed by atoms with van der Waals surface area (Å²) >= 11 is 3.46. The van der Waals surface area contributed by atoms with E-state index >= 15 is 0 Å². The van der Waals surface area contributed by atoms with Gasteiger partial charge < -0.3 is 14.8 Å². The van der Waals surface area contributed by atoms with Gasteiger partial charge in [0.15, 0.2) is 11.5 Å². The molecule has 3 rings (SSSR count). The molecule has 0 aliphatic carbocycles. The van der Waals surface area contributed by atoms with Crippen LogP contribution in [0.4, 0.5) is 10.1 Å². The van der Waals surface area contributed by atoms with Gasteiger partial charge in [-0.15, -0.1) is 0 Å². The van der Waals surface area contributed by atoms with Gasteiger partial charge in [0.05, 0.1) is 4.47 Å². The van der Waals surface area contributed by atoms with Crippen LogP contribution in [0, 0.1) is 12.7 Å². The Morgan fingerprint density at radius 1 is 1.30 bits per heavy atom. The minimum atomic E-state index is -0.207. The summed E-state index contributed by atoms with van der Waals surface area (Å²) < 4.78 is 25.0. The SMILES string of the molecule is Cc1c(F)cccc1NCc1cc(Br)c2c(c1)OCO2. The van der Waals surface area contributed by atoms with Crippen molar-refractivity contribution in [3.63, 3.8) is 0 Å². The lowest BCUT2D eigenvalue weighted by molar-refractivity contribution is 0.173. The van der Waals surface area contributed by atoms with Crippen LogP contribution in [0.5, 0.6) is 11.5 Å². The molecule has 0 fully saturated rings. The van der Waals surface area contributed by atoms with Gasteiger partial charge in [-0.3, -0.25) is 0 Å². The lowest BCUT2D eigenvalue weighted by Crippen LogP contribution is -2.02. The first kappa shape index (κ1) is 13.2. The van der Waals surface area contributed by atoms with Gasteiger partial charge in [0.1, 0.15) is 5.82 Å². The number of hydrogen-bond donors (Lipinski definition) is 1. The van der Waals surface area contributed by atoms with Crippen LogP contribution in [-0.4, -0.2) is 6.79 Å². The van der Waals surface area contributed by atoms with Gasteiger partial charge in [-0.25, -0.2) is 4.39 Å². The zero-order valence-electron chi connectivity index (χ0n) is 10.9. The second-order valence-corrected chi connectivity index (χ2v) is 5.43. The third kappa shape index (κ3) is 2.45. The van der Waals surface area contributed by atoms with Gasteiger partial charge in [0.2, 0.25) is 6.79 Å². The average molecular weight is 338 g/mol. The maximum Gasteiger partial charge on any atom is 0.231 e. The summed E-state index contributed by atoms with van der Waals surface area (Å²) in [6.07, 6.45) is 0. The van der Waals surface area contributed by atoms with E-state index in [4.69, 9.17) is 9.47 Å². The number of benzene rings is 2. The first-order chi connectivity index (χ1) is 9.65. The summed E-state index contributed by atoms with van der Waals surface area (Å²) in [5.74, 6) is 1.25. The Balaban J connectivity index is 1.79. The van der Waals surface area contributed by atoms with E-state index in [-0.39, 0.29) is 12.6 Å². The predicted octanol–water partition coefficient (Wildman–Crippen LogP) is 4.24. The highest BCUT2D eigenvalue weighted by molar-refractivity contribution is 9.10. The fourth-order valence-electron chi connectivity index (χ4n) is 2.12. The van der Waals surface area contributed by atoms with E-state index in [9.17, 15) is 4.39 Å². The van der Waals surface area contributed by atoms with Gasteiger partial charge in [-0.1, -0.05) is 6.07 Å². The minimum Gasteiger partial charge on any atom is -0.454 e. The summed E-state index contributed by atoms with van der Waals surface area (Å²) in [6, 6.07) is 8.90. The molecular formula is C15H13BrFNO2. The molecule has 1 aliphatic heterocycles. The van der Waals surface area contributed by atoms with Gasteiger partial charge >= 0.3 is 0 Å². The molecule has 104 valence electrons. The molecule has 2 aromatic rings. The van der Waals surface area contributed by atoms with E-state index in [0.717, 1.165) is 27.2 Å². The van der Waals surface area contributed by atoms with Gasteiger partial charge in [0, 0.05) is 17.8 Å². The minimum absolute atomic E-state index is 0.207. The number of rotatable bonds is 3. The van der Waals surface area contributed by atoms with Crippen molar-refractivity contribution in [1.82, 2.24) is 0 Å².